The second kappa shape index (κ2) is 7.58. The van der Waals surface area contributed by atoms with Crippen LogP contribution in [0.2, 0.25) is 0 Å². The van der Waals surface area contributed by atoms with E-state index in [1.807, 2.05) is 16.9 Å². The van der Waals surface area contributed by atoms with Gasteiger partial charge in [-0.25, -0.2) is 4.68 Å². The molecule has 1 saturated heterocycles. The van der Waals surface area contributed by atoms with E-state index in [1.165, 1.54) is 19.4 Å². The van der Waals surface area contributed by atoms with E-state index in [0.717, 1.165) is 54.9 Å². The fourth-order valence-corrected chi connectivity index (χ4v) is 4.02. The molecule has 0 N–H and O–H groups in total. The molecule has 0 atom stereocenters. The molecule has 140 valence electrons. The maximum Gasteiger partial charge on any atom is 0.199 e. The van der Waals surface area contributed by atoms with E-state index in [-0.39, 0.29) is 0 Å². The normalized spacial score (nSPS) is 19.3. The van der Waals surface area contributed by atoms with Crippen LogP contribution in [0.4, 0.5) is 0 Å². The fourth-order valence-electron chi connectivity index (χ4n) is 3.69. The van der Waals surface area contributed by atoms with Crippen molar-refractivity contribution < 1.29 is 0 Å². The van der Waals surface area contributed by atoms with Gasteiger partial charge in [0.05, 0.1) is 6.67 Å². The molecule has 2 fully saturated rings. The van der Waals surface area contributed by atoms with Gasteiger partial charge in [0, 0.05) is 56.7 Å². The van der Waals surface area contributed by atoms with Gasteiger partial charge < -0.3 is 4.90 Å². The van der Waals surface area contributed by atoms with Crippen molar-refractivity contribution in [2.75, 3.05) is 32.7 Å². The SMILES string of the molecule is CC(C)CN1CCN(Cn2nc(-c3cccnc3)n(C3CC3)c2=S)CC1. The number of nitrogens with zero attached hydrogens (tertiary/aromatic N) is 6. The maximum absolute atomic E-state index is 5.78. The lowest BCUT2D eigenvalue weighted by Crippen LogP contribution is -2.47. The van der Waals surface area contributed by atoms with E-state index < -0.39 is 0 Å². The Hall–Kier alpha value is -1.57. The van der Waals surface area contributed by atoms with Crippen molar-refractivity contribution in [1.82, 2.24) is 29.1 Å². The van der Waals surface area contributed by atoms with Gasteiger partial charge >= 0.3 is 0 Å². The summed E-state index contributed by atoms with van der Waals surface area (Å²) in [4.78, 5) is 9.28. The quantitative estimate of drug-likeness (QED) is 0.729. The molecule has 1 aliphatic carbocycles. The summed E-state index contributed by atoms with van der Waals surface area (Å²) in [5.41, 5.74) is 1.05. The number of aromatic nitrogens is 4. The number of hydrogen-bond donors (Lipinski definition) is 0. The molecule has 0 radical (unpaired) electrons. The van der Waals surface area contributed by atoms with Gasteiger partial charge in [-0.05, 0) is 43.1 Å². The average molecular weight is 373 g/mol. The van der Waals surface area contributed by atoms with Crippen LogP contribution in [0.15, 0.2) is 24.5 Å². The molecule has 2 aromatic heterocycles. The van der Waals surface area contributed by atoms with Gasteiger partial charge in [-0.1, -0.05) is 13.8 Å². The lowest BCUT2D eigenvalue weighted by molar-refractivity contribution is 0.0950. The van der Waals surface area contributed by atoms with Gasteiger partial charge in [0.2, 0.25) is 0 Å². The summed E-state index contributed by atoms with van der Waals surface area (Å²) >= 11 is 5.78. The Kier molecular flexibility index (Phi) is 5.20. The van der Waals surface area contributed by atoms with Gasteiger partial charge in [0.15, 0.2) is 10.6 Å². The van der Waals surface area contributed by atoms with E-state index in [4.69, 9.17) is 17.3 Å². The minimum atomic E-state index is 0.509. The molecule has 0 bridgehead atoms. The second-order valence-electron chi connectivity index (χ2n) is 7.90. The molecule has 6 nitrogen and oxygen atoms in total. The molecule has 3 heterocycles. The highest BCUT2D eigenvalue weighted by molar-refractivity contribution is 7.71. The maximum atomic E-state index is 5.78. The standard InChI is InChI=1S/C19H28N6S/c1-15(2)13-22-8-10-23(11-9-22)14-24-19(26)25(17-5-6-17)18(21-24)16-4-3-7-20-12-16/h3-4,7,12,15,17H,5-6,8-11,13-14H2,1-2H3. The Labute approximate surface area is 160 Å². The molecule has 2 aromatic rings. The van der Waals surface area contributed by atoms with E-state index in [2.05, 4.69) is 39.3 Å². The Bertz CT molecular complexity index is 784. The van der Waals surface area contributed by atoms with Gasteiger partial charge in [-0.15, -0.1) is 0 Å². The van der Waals surface area contributed by atoms with Gasteiger partial charge in [-0.3, -0.25) is 14.5 Å². The molecular formula is C19H28N6S. The molecule has 0 unspecified atom stereocenters. The fraction of sp³-hybridized carbons (Fsp3) is 0.632. The molecule has 2 aliphatic rings. The Morgan fingerprint density at radius 2 is 1.88 bits per heavy atom. The summed E-state index contributed by atoms with van der Waals surface area (Å²) in [6, 6.07) is 4.54. The monoisotopic (exact) mass is 372 g/mol. The van der Waals surface area contributed by atoms with Crippen LogP contribution < -0.4 is 0 Å². The van der Waals surface area contributed by atoms with Gasteiger partial charge in [-0.2, -0.15) is 5.10 Å². The highest BCUT2D eigenvalue weighted by Gasteiger charge is 2.29. The van der Waals surface area contributed by atoms with Gasteiger partial charge in [0.25, 0.3) is 0 Å². The van der Waals surface area contributed by atoms with Crippen LogP contribution in [0.5, 0.6) is 0 Å². The minimum Gasteiger partial charge on any atom is -0.301 e. The number of rotatable bonds is 6. The van der Waals surface area contributed by atoms with Crippen LogP contribution in [0.3, 0.4) is 0 Å². The van der Waals surface area contributed by atoms with Crippen molar-refractivity contribution in [3.63, 3.8) is 0 Å². The van der Waals surface area contributed by atoms with Crippen LogP contribution in [-0.4, -0.2) is 61.9 Å². The molecule has 26 heavy (non-hydrogen) atoms. The topological polar surface area (TPSA) is 42.1 Å². The van der Waals surface area contributed by atoms with Crippen LogP contribution in [0.25, 0.3) is 11.4 Å². The van der Waals surface area contributed by atoms with E-state index in [1.54, 1.807) is 6.20 Å². The predicted octanol–water partition coefficient (Wildman–Crippen LogP) is 3.04. The molecule has 0 spiro atoms. The molecular weight excluding hydrogens is 344 g/mol. The average Bonchev–Trinajstić information content (AvgIpc) is 3.42. The zero-order valence-electron chi connectivity index (χ0n) is 15.7. The largest absolute Gasteiger partial charge is 0.301 e. The number of piperazine rings is 1. The van der Waals surface area contributed by atoms with E-state index in [9.17, 15) is 0 Å². The summed E-state index contributed by atoms with van der Waals surface area (Å²) < 4.78 is 5.09. The van der Waals surface area contributed by atoms with Crippen molar-refractivity contribution in [3.05, 3.63) is 29.3 Å². The minimum absolute atomic E-state index is 0.509. The third-order valence-corrected chi connectivity index (χ3v) is 5.53. The smallest absolute Gasteiger partial charge is 0.199 e. The number of pyridine rings is 1. The van der Waals surface area contributed by atoms with E-state index >= 15 is 0 Å². The summed E-state index contributed by atoms with van der Waals surface area (Å²) in [6.07, 6.45) is 6.07. The first-order valence-corrected chi connectivity index (χ1v) is 10.1. The van der Waals surface area contributed by atoms with Crippen LogP contribution in [0, 0.1) is 10.7 Å². The summed E-state index contributed by atoms with van der Waals surface area (Å²) in [6.45, 7) is 11.0. The zero-order valence-corrected chi connectivity index (χ0v) is 16.5. The molecule has 0 aromatic carbocycles. The lowest BCUT2D eigenvalue weighted by atomic mass is 10.2. The Morgan fingerprint density at radius 1 is 1.15 bits per heavy atom. The summed E-state index contributed by atoms with van der Waals surface area (Å²) in [5.74, 6) is 1.69. The third-order valence-electron chi connectivity index (χ3n) is 5.12. The van der Waals surface area contributed by atoms with Crippen molar-refractivity contribution in [1.29, 1.82) is 0 Å². The second-order valence-corrected chi connectivity index (χ2v) is 8.27. The van der Waals surface area contributed by atoms with Crippen molar-refractivity contribution >= 4 is 12.2 Å². The Morgan fingerprint density at radius 3 is 2.50 bits per heavy atom. The van der Waals surface area contributed by atoms with Crippen LogP contribution in [0.1, 0.15) is 32.7 Å². The predicted molar refractivity (Wildman–Crippen MR) is 105 cm³/mol. The summed E-state index contributed by atoms with van der Waals surface area (Å²) in [5, 5.41) is 4.88. The Balaban J connectivity index is 1.50. The summed E-state index contributed by atoms with van der Waals surface area (Å²) in [7, 11) is 0. The molecule has 4 rings (SSSR count). The lowest BCUT2D eigenvalue weighted by Gasteiger charge is -2.35. The first-order valence-electron chi connectivity index (χ1n) is 9.66. The molecule has 0 amide bonds. The molecule has 7 heteroatoms. The molecule has 1 saturated carbocycles. The van der Waals surface area contributed by atoms with Crippen LogP contribution >= 0.6 is 12.2 Å². The van der Waals surface area contributed by atoms with Crippen molar-refractivity contribution in [2.24, 2.45) is 5.92 Å². The molecule has 1 aliphatic heterocycles. The highest BCUT2D eigenvalue weighted by atomic mass is 32.1. The highest BCUT2D eigenvalue weighted by Crippen LogP contribution is 2.38. The van der Waals surface area contributed by atoms with Crippen LogP contribution in [-0.2, 0) is 6.67 Å². The zero-order chi connectivity index (χ0) is 18.1. The third kappa shape index (κ3) is 3.89. The first-order chi connectivity index (χ1) is 12.6. The first kappa shape index (κ1) is 17.8. The van der Waals surface area contributed by atoms with Crippen molar-refractivity contribution in [3.8, 4) is 11.4 Å². The van der Waals surface area contributed by atoms with Crippen molar-refractivity contribution in [2.45, 2.75) is 39.4 Å². The van der Waals surface area contributed by atoms with E-state index in [0.29, 0.717) is 6.04 Å². The van der Waals surface area contributed by atoms with Gasteiger partial charge in [0.1, 0.15) is 0 Å². The number of hydrogen-bond acceptors (Lipinski definition) is 5.